The summed E-state index contributed by atoms with van der Waals surface area (Å²) in [5, 5.41) is 7.31. The lowest BCUT2D eigenvalue weighted by molar-refractivity contribution is 0.0953. The zero-order valence-corrected chi connectivity index (χ0v) is 17.9. The molecule has 6 heteroatoms. The monoisotopic (exact) mass is 424 g/mol. The average molecular weight is 425 g/mol. The Labute approximate surface area is 187 Å². The lowest BCUT2D eigenvalue weighted by Crippen LogP contribution is -2.24. The minimum atomic E-state index is -0.115. The second-order valence-electron chi connectivity index (χ2n) is 7.30. The van der Waals surface area contributed by atoms with Gasteiger partial charge in [0.05, 0.1) is 24.9 Å². The molecule has 0 atom stereocenters. The van der Waals surface area contributed by atoms with Crippen LogP contribution in [0.15, 0.2) is 77.6 Å². The summed E-state index contributed by atoms with van der Waals surface area (Å²) in [6.07, 6.45) is 9.38. The molecule has 0 aliphatic carbocycles. The second-order valence-corrected chi connectivity index (χ2v) is 7.30. The van der Waals surface area contributed by atoms with Crippen molar-refractivity contribution in [2.45, 2.75) is 12.8 Å². The van der Waals surface area contributed by atoms with Crippen LogP contribution in [0, 0.1) is 11.8 Å². The molecule has 160 valence electrons. The standard InChI is InChI=1S/C26H24N4O2/c1-32-24-7-2-5-20(17-24)8-9-22-18-23(10-11-25(22)30-16-4-14-29-30)26(31)28-13-3-6-21-12-15-27-19-21/h2,4-5,7,10-12,14,16-19H,3,6,13,15H2,1H3,(H,28,31). The van der Waals surface area contributed by atoms with Gasteiger partial charge in [-0.05, 0) is 60.9 Å². The van der Waals surface area contributed by atoms with Gasteiger partial charge in [0.25, 0.3) is 5.91 Å². The van der Waals surface area contributed by atoms with Crippen LogP contribution in [0.25, 0.3) is 5.69 Å². The summed E-state index contributed by atoms with van der Waals surface area (Å²) in [6.45, 7) is 1.37. The van der Waals surface area contributed by atoms with Crippen LogP contribution < -0.4 is 10.1 Å². The number of methoxy groups -OCH3 is 1. The van der Waals surface area contributed by atoms with Crippen LogP contribution in [0.3, 0.4) is 0 Å². The number of carbonyl (C=O) groups excluding carboxylic acids is 1. The first-order valence-corrected chi connectivity index (χ1v) is 10.5. The third-order valence-electron chi connectivity index (χ3n) is 5.06. The maximum atomic E-state index is 12.7. The number of benzene rings is 2. The molecule has 6 nitrogen and oxygen atoms in total. The number of nitrogens with zero attached hydrogens (tertiary/aromatic N) is 3. The number of nitrogens with one attached hydrogen (secondary N) is 1. The Balaban J connectivity index is 1.52. The summed E-state index contributed by atoms with van der Waals surface area (Å²) in [7, 11) is 1.63. The Morgan fingerprint density at radius 1 is 1.19 bits per heavy atom. The fourth-order valence-electron chi connectivity index (χ4n) is 3.38. The highest BCUT2D eigenvalue weighted by Crippen LogP contribution is 2.17. The van der Waals surface area contributed by atoms with Crippen molar-refractivity contribution in [3.05, 3.63) is 89.3 Å². The number of allylic oxidation sites excluding steroid dienone is 1. The highest BCUT2D eigenvalue weighted by Gasteiger charge is 2.10. The largest absolute Gasteiger partial charge is 0.497 e. The number of hydrogen-bond acceptors (Lipinski definition) is 4. The summed E-state index contributed by atoms with van der Waals surface area (Å²) in [5.74, 6) is 7.00. The molecule has 2 aromatic carbocycles. The van der Waals surface area contributed by atoms with Crippen LogP contribution in [-0.4, -0.2) is 42.1 Å². The van der Waals surface area contributed by atoms with Gasteiger partial charge in [-0.15, -0.1) is 0 Å². The molecule has 1 aromatic heterocycles. The molecule has 0 saturated heterocycles. The quantitative estimate of drug-likeness (QED) is 0.463. The fraction of sp³-hybridized carbons (Fsp3) is 0.192. The molecule has 0 unspecified atom stereocenters. The van der Waals surface area contributed by atoms with Gasteiger partial charge >= 0.3 is 0 Å². The highest BCUT2D eigenvalue weighted by molar-refractivity contribution is 5.95. The molecule has 32 heavy (non-hydrogen) atoms. The molecule has 1 aliphatic rings. The number of aromatic nitrogens is 2. The van der Waals surface area contributed by atoms with Crippen LogP contribution in [-0.2, 0) is 0 Å². The van der Waals surface area contributed by atoms with Crippen molar-refractivity contribution in [3.8, 4) is 23.3 Å². The van der Waals surface area contributed by atoms with Gasteiger partial charge < -0.3 is 10.1 Å². The van der Waals surface area contributed by atoms with Gasteiger partial charge in [0.1, 0.15) is 5.75 Å². The van der Waals surface area contributed by atoms with Crippen LogP contribution in [0.5, 0.6) is 5.75 Å². The SMILES string of the molecule is COc1cccc(C#Cc2cc(C(=O)NCCCC3=CCN=C3)ccc2-n2cccn2)c1. The van der Waals surface area contributed by atoms with Crippen molar-refractivity contribution in [3.63, 3.8) is 0 Å². The zero-order valence-electron chi connectivity index (χ0n) is 17.9. The Morgan fingerprint density at radius 3 is 2.91 bits per heavy atom. The number of ether oxygens (including phenoxy) is 1. The van der Waals surface area contributed by atoms with Crippen LogP contribution in [0.4, 0.5) is 0 Å². The van der Waals surface area contributed by atoms with Gasteiger partial charge in [0.2, 0.25) is 0 Å². The summed E-state index contributed by atoms with van der Waals surface area (Å²) in [4.78, 5) is 16.9. The number of hydrogen-bond donors (Lipinski definition) is 1. The van der Waals surface area contributed by atoms with E-state index in [1.807, 2.05) is 54.9 Å². The summed E-state index contributed by atoms with van der Waals surface area (Å²) >= 11 is 0. The number of amides is 1. The van der Waals surface area contributed by atoms with Crippen molar-refractivity contribution in [2.24, 2.45) is 4.99 Å². The van der Waals surface area contributed by atoms with Gasteiger partial charge in [-0.25, -0.2) is 4.68 Å². The van der Waals surface area contributed by atoms with Gasteiger partial charge in [-0.3, -0.25) is 9.79 Å². The third-order valence-corrected chi connectivity index (χ3v) is 5.06. The third kappa shape index (κ3) is 5.32. The fourth-order valence-corrected chi connectivity index (χ4v) is 3.38. The lowest BCUT2D eigenvalue weighted by atomic mass is 10.1. The molecule has 1 N–H and O–H groups in total. The second kappa shape index (κ2) is 10.3. The Hall–Kier alpha value is -4.11. The molecule has 1 amide bonds. The van der Waals surface area contributed by atoms with Crippen molar-refractivity contribution in [1.29, 1.82) is 0 Å². The molecule has 0 bridgehead atoms. The first kappa shape index (κ1) is 21.1. The van der Waals surface area contributed by atoms with Gasteiger partial charge in [0.15, 0.2) is 0 Å². The van der Waals surface area contributed by atoms with Gasteiger partial charge in [-0.1, -0.05) is 24.0 Å². The van der Waals surface area contributed by atoms with Crippen molar-refractivity contribution < 1.29 is 9.53 Å². The Bertz CT molecular complexity index is 1210. The maximum Gasteiger partial charge on any atom is 0.251 e. The van der Waals surface area contributed by atoms with Crippen molar-refractivity contribution >= 4 is 12.1 Å². The van der Waals surface area contributed by atoms with E-state index in [0.29, 0.717) is 12.1 Å². The molecule has 1 aliphatic heterocycles. The molecule has 0 saturated carbocycles. The maximum absolute atomic E-state index is 12.7. The number of aliphatic imine (C=N–C) groups is 1. The molecule has 3 aromatic rings. The van der Waals surface area contributed by atoms with E-state index >= 15 is 0 Å². The first-order chi connectivity index (χ1) is 15.7. The predicted molar refractivity (Wildman–Crippen MR) is 126 cm³/mol. The highest BCUT2D eigenvalue weighted by atomic mass is 16.5. The molecule has 0 fully saturated rings. The Kier molecular flexibility index (Phi) is 6.78. The van der Waals surface area contributed by atoms with E-state index in [1.54, 1.807) is 24.1 Å². The molecule has 2 heterocycles. The van der Waals surface area contributed by atoms with Gasteiger partial charge in [0, 0.05) is 36.3 Å². The van der Waals surface area contributed by atoms with E-state index in [4.69, 9.17) is 4.74 Å². The summed E-state index contributed by atoms with van der Waals surface area (Å²) in [5.41, 5.74) is 4.16. The van der Waals surface area contributed by atoms with E-state index in [1.165, 1.54) is 5.57 Å². The van der Waals surface area contributed by atoms with E-state index in [2.05, 4.69) is 33.3 Å². The molecule has 4 rings (SSSR count). The van der Waals surface area contributed by atoms with Crippen molar-refractivity contribution in [2.75, 3.05) is 20.2 Å². The minimum Gasteiger partial charge on any atom is -0.497 e. The average Bonchev–Trinajstić information content (AvgIpc) is 3.55. The van der Waals surface area contributed by atoms with E-state index < -0.39 is 0 Å². The first-order valence-electron chi connectivity index (χ1n) is 10.5. The predicted octanol–water partition coefficient (Wildman–Crippen LogP) is 3.80. The van der Waals surface area contributed by atoms with Gasteiger partial charge in [-0.2, -0.15) is 5.10 Å². The smallest absolute Gasteiger partial charge is 0.251 e. The van der Waals surface area contributed by atoms with E-state index in [0.717, 1.165) is 42.0 Å². The minimum absolute atomic E-state index is 0.115. The lowest BCUT2D eigenvalue weighted by Gasteiger charge is -2.09. The summed E-state index contributed by atoms with van der Waals surface area (Å²) in [6, 6.07) is 14.9. The van der Waals surface area contributed by atoms with E-state index in [-0.39, 0.29) is 5.91 Å². The topological polar surface area (TPSA) is 68.5 Å². The molecule has 0 radical (unpaired) electrons. The number of carbonyl (C=O) groups is 1. The van der Waals surface area contributed by atoms with Crippen LogP contribution in [0.2, 0.25) is 0 Å². The van der Waals surface area contributed by atoms with Crippen molar-refractivity contribution in [1.82, 2.24) is 15.1 Å². The van der Waals surface area contributed by atoms with E-state index in [9.17, 15) is 4.79 Å². The molecular formula is C26H24N4O2. The molecular weight excluding hydrogens is 400 g/mol. The zero-order chi connectivity index (χ0) is 22.2. The molecule has 0 spiro atoms. The normalized spacial score (nSPS) is 12.1. The van der Waals surface area contributed by atoms with Crippen LogP contribution in [0.1, 0.15) is 34.3 Å². The van der Waals surface area contributed by atoms with Crippen LogP contribution >= 0.6 is 0 Å². The summed E-state index contributed by atoms with van der Waals surface area (Å²) < 4.78 is 7.02. The Morgan fingerprint density at radius 2 is 2.12 bits per heavy atom. The number of rotatable bonds is 7.